The van der Waals surface area contributed by atoms with E-state index < -0.39 is 28.7 Å². The number of rotatable bonds is 7. The Labute approximate surface area is 323 Å². The van der Waals surface area contributed by atoms with Crippen molar-refractivity contribution in [3.63, 3.8) is 0 Å². The Kier molecular flexibility index (Phi) is 7.47. The molecule has 2 aliphatic heterocycles. The van der Waals surface area contributed by atoms with Gasteiger partial charge in [-0.2, -0.15) is 0 Å². The molecule has 6 aromatic rings. The molecule has 7 nitrogen and oxygen atoms in total. The minimum absolute atomic E-state index is 0.0764. The van der Waals surface area contributed by atoms with Crippen LogP contribution in [0.2, 0.25) is 0 Å². The number of fused-ring (bicyclic) bond motifs is 6. The van der Waals surface area contributed by atoms with Crippen LogP contribution in [0, 0.1) is 5.41 Å². The summed E-state index contributed by atoms with van der Waals surface area (Å²) in [6.45, 7) is 0.0902. The third kappa shape index (κ3) is 4.51. The third-order valence-corrected chi connectivity index (χ3v) is 11.3. The van der Waals surface area contributed by atoms with Gasteiger partial charge >= 0.3 is 0 Å². The lowest BCUT2D eigenvalue weighted by Crippen LogP contribution is -2.48. The number of methoxy groups -OCH3 is 1. The molecule has 2 heterocycles. The zero-order valence-corrected chi connectivity index (χ0v) is 30.2. The Morgan fingerprint density at radius 2 is 1.04 bits per heavy atom. The highest BCUT2D eigenvalue weighted by atomic mass is 16.5. The maximum atomic E-state index is 16.3. The van der Waals surface area contributed by atoms with E-state index in [1.807, 2.05) is 120 Å². The SMILES string of the molecule is COc1ccc(N2C3=C(C(=O)c4ccccc43)C3(C(=O)N(Cc4ccccc4)C(c4ccccc4)=C3C(=O)c3ccccc3)C3=C2c2ccccc2C3=O)cc1. The fourth-order valence-electron chi connectivity index (χ4n) is 8.93. The summed E-state index contributed by atoms with van der Waals surface area (Å²) in [5, 5.41) is 0. The lowest BCUT2D eigenvalue weighted by atomic mass is 9.62. The number of hydrogen-bond acceptors (Lipinski definition) is 6. The summed E-state index contributed by atoms with van der Waals surface area (Å²) in [6.07, 6.45) is 0. The van der Waals surface area contributed by atoms with Crippen molar-refractivity contribution in [2.75, 3.05) is 12.0 Å². The largest absolute Gasteiger partial charge is 0.497 e. The standard InChI is InChI=1S/C49H32N2O5/c1-56-34-27-25-33(26-28-34)51-43-35-21-11-13-23-37(35)46(53)40(43)49(41-44(51)36-22-12-14-24-38(36)47(41)54)39(45(52)32-19-9-4-10-20-32)42(31-17-7-3-8-18-31)50(48(49)55)29-30-15-5-2-6-16-30/h2-28H,29H2,1H3. The molecular formula is C49H32N2O5. The van der Waals surface area contributed by atoms with Gasteiger partial charge in [-0.15, -0.1) is 0 Å². The van der Waals surface area contributed by atoms with Gasteiger partial charge in [-0.3, -0.25) is 19.2 Å². The van der Waals surface area contributed by atoms with E-state index in [0.717, 1.165) is 5.56 Å². The second-order valence-corrected chi connectivity index (χ2v) is 14.1. The lowest BCUT2D eigenvalue weighted by Gasteiger charge is -2.42. The molecule has 56 heavy (non-hydrogen) atoms. The van der Waals surface area contributed by atoms with E-state index in [1.54, 1.807) is 60.5 Å². The van der Waals surface area contributed by atoms with Crippen molar-refractivity contribution in [3.05, 3.63) is 219 Å². The van der Waals surface area contributed by atoms with Gasteiger partial charge in [0.1, 0.15) is 11.2 Å². The summed E-state index contributed by atoms with van der Waals surface area (Å²) in [6, 6.07) is 49.6. The molecule has 2 aliphatic carbocycles. The first-order chi connectivity index (χ1) is 27.4. The first kappa shape index (κ1) is 33.2. The summed E-state index contributed by atoms with van der Waals surface area (Å²) >= 11 is 0. The van der Waals surface area contributed by atoms with Gasteiger partial charge in [-0.05, 0) is 35.4 Å². The summed E-state index contributed by atoms with van der Waals surface area (Å²) in [5.41, 5.74) is 3.80. The Hall–Kier alpha value is -7.38. The lowest BCUT2D eigenvalue weighted by molar-refractivity contribution is -0.131. The van der Waals surface area contributed by atoms with Gasteiger partial charge < -0.3 is 14.5 Å². The molecule has 0 saturated carbocycles. The van der Waals surface area contributed by atoms with Gasteiger partial charge in [0.25, 0.3) is 0 Å². The van der Waals surface area contributed by atoms with Crippen molar-refractivity contribution < 1.29 is 23.9 Å². The molecule has 1 amide bonds. The molecule has 0 saturated heterocycles. The molecule has 0 aromatic heterocycles. The maximum absolute atomic E-state index is 16.3. The quantitative estimate of drug-likeness (QED) is 0.153. The Balaban J connectivity index is 1.39. The summed E-state index contributed by atoms with van der Waals surface area (Å²) in [7, 11) is 1.59. The van der Waals surface area contributed by atoms with Crippen molar-refractivity contribution in [3.8, 4) is 5.75 Å². The number of Topliss-reactive ketones (excluding diaryl/α,β-unsaturated/α-hetero) is 3. The first-order valence-corrected chi connectivity index (χ1v) is 18.4. The van der Waals surface area contributed by atoms with Gasteiger partial charge in [0.05, 0.1) is 30.7 Å². The number of amides is 1. The highest BCUT2D eigenvalue weighted by Crippen LogP contribution is 2.66. The molecule has 0 bridgehead atoms. The van der Waals surface area contributed by atoms with Gasteiger partial charge in [-0.1, -0.05) is 140 Å². The summed E-state index contributed by atoms with van der Waals surface area (Å²) in [4.78, 5) is 66.5. The zero-order chi connectivity index (χ0) is 38.1. The monoisotopic (exact) mass is 728 g/mol. The molecule has 4 aliphatic rings. The Morgan fingerprint density at radius 3 is 1.57 bits per heavy atom. The average Bonchev–Trinajstić information content (AvgIpc) is 3.82. The molecule has 10 rings (SSSR count). The molecule has 0 radical (unpaired) electrons. The van der Waals surface area contributed by atoms with Crippen LogP contribution >= 0.6 is 0 Å². The third-order valence-electron chi connectivity index (χ3n) is 11.3. The predicted octanol–water partition coefficient (Wildman–Crippen LogP) is 9.05. The molecule has 0 atom stereocenters. The first-order valence-electron chi connectivity index (χ1n) is 18.4. The van der Waals surface area contributed by atoms with Gasteiger partial charge in [0.2, 0.25) is 5.91 Å². The summed E-state index contributed by atoms with van der Waals surface area (Å²) in [5.74, 6) is -1.17. The molecule has 268 valence electrons. The number of nitrogens with zero attached hydrogens (tertiary/aromatic N) is 2. The van der Waals surface area contributed by atoms with E-state index in [0.29, 0.717) is 61.9 Å². The minimum Gasteiger partial charge on any atom is -0.497 e. The van der Waals surface area contributed by atoms with Crippen molar-refractivity contribution in [1.29, 1.82) is 0 Å². The number of anilines is 1. The second-order valence-electron chi connectivity index (χ2n) is 14.1. The average molecular weight is 729 g/mol. The molecule has 0 unspecified atom stereocenters. The number of carbonyl (C=O) groups is 4. The normalized spacial score (nSPS) is 16.4. The van der Waals surface area contributed by atoms with Crippen LogP contribution < -0.4 is 9.64 Å². The van der Waals surface area contributed by atoms with Crippen LogP contribution in [0.5, 0.6) is 5.75 Å². The minimum atomic E-state index is -2.13. The van der Waals surface area contributed by atoms with Gasteiger partial charge in [-0.25, -0.2) is 0 Å². The van der Waals surface area contributed by atoms with Gasteiger partial charge in [0, 0.05) is 50.2 Å². The number of hydrogen-bond donors (Lipinski definition) is 0. The Bertz CT molecular complexity index is 2680. The van der Waals surface area contributed by atoms with Crippen molar-refractivity contribution in [2.45, 2.75) is 6.54 Å². The van der Waals surface area contributed by atoms with Crippen LogP contribution in [0.15, 0.2) is 181 Å². The molecule has 0 fully saturated rings. The summed E-state index contributed by atoms with van der Waals surface area (Å²) < 4.78 is 5.52. The fourth-order valence-corrected chi connectivity index (χ4v) is 8.93. The topological polar surface area (TPSA) is 84.0 Å². The number of ketones is 3. The number of ether oxygens (including phenoxy) is 1. The van der Waals surface area contributed by atoms with E-state index in [4.69, 9.17) is 4.74 Å². The van der Waals surface area contributed by atoms with Crippen LogP contribution in [0.1, 0.15) is 53.3 Å². The highest BCUT2D eigenvalue weighted by Gasteiger charge is 2.68. The molecule has 1 spiro atoms. The van der Waals surface area contributed by atoms with E-state index in [1.165, 1.54) is 0 Å². The van der Waals surface area contributed by atoms with E-state index >= 15 is 19.2 Å². The van der Waals surface area contributed by atoms with E-state index in [9.17, 15) is 0 Å². The smallest absolute Gasteiger partial charge is 0.247 e. The molecule has 7 heteroatoms. The van der Waals surface area contributed by atoms with Gasteiger partial charge in [0.15, 0.2) is 17.3 Å². The predicted molar refractivity (Wildman–Crippen MR) is 214 cm³/mol. The van der Waals surface area contributed by atoms with Crippen molar-refractivity contribution in [1.82, 2.24) is 4.90 Å². The maximum Gasteiger partial charge on any atom is 0.247 e. The fraction of sp³-hybridized carbons (Fsp3) is 0.0612. The highest BCUT2D eigenvalue weighted by molar-refractivity contribution is 6.40. The Morgan fingerprint density at radius 1 is 0.554 bits per heavy atom. The number of carbonyl (C=O) groups excluding carboxylic acids is 4. The van der Waals surface area contributed by atoms with E-state index in [-0.39, 0.29) is 23.3 Å². The van der Waals surface area contributed by atoms with E-state index in [2.05, 4.69) is 0 Å². The molecular weight excluding hydrogens is 697 g/mol. The zero-order valence-electron chi connectivity index (χ0n) is 30.2. The second kappa shape index (κ2) is 12.6. The van der Waals surface area contributed by atoms with Crippen LogP contribution in [0.25, 0.3) is 17.1 Å². The van der Waals surface area contributed by atoms with Crippen molar-refractivity contribution >= 4 is 46.0 Å². The van der Waals surface area contributed by atoms with Crippen LogP contribution in [-0.2, 0) is 11.3 Å². The van der Waals surface area contributed by atoms with Crippen LogP contribution in [0.3, 0.4) is 0 Å². The number of benzene rings is 6. The molecule has 0 N–H and O–H groups in total. The van der Waals surface area contributed by atoms with Crippen LogP contribution in [-0.4, -0.2) is 35.3 Å². The van der Waals surface area contributed by atoms with Crippen LogP contribution in [0.4, 0.5) is 5.69 Å². The van der Waals surface area contributed by atoms with Crippen molar-refractivity contribution in [2.24, 2.45) is 5.41 Å². The molecule has 6 aromatic carbocycles.